The summed E-state index contributed by atoms with van der Waals surface area (Å²) in [5, 5.41) is 0. The maximum absolute atomic E-state index is 5.66. The fourth-order valence-electron chi connectivity index (χ4n) is 1.69. The SMILES string of the molecule is CC(C)(C)CCCCCCOCCC(C)(C)C. The van der Waals surface area contributed by atoms with E-state index in [1.807, 2.05) is 0 Å². The van der Waals surface area contributed by atoms with Crippen molar-refractivity contribution in [3.05, 3.63) is 0 Å². The third-order valence-electron chi connectivity index (χ3n) is 2.96. The summed E-state index contributed by atoms with van der Waals surface area (Å²) in [6, 6.07) is 0. The van der Waals surface area contributed by atoms with Gasteiger partial charge in [0.1, 0.15) is 0 Å². The van der Waals surface area contributed by atoms with Crippen LogP contribution in [0.5, 0.6) is 0 Å². The lowest BCUT2D eigenvalue weighted by Crippen LogP contribution is -2.10. The van der Waals surface area contributed by atoms with Crippen LogP contribution in [0, 0.1) is 10.8 Å². The first kappa shape index (κ1) is 17.0. The molecule has 17 heavy (non-hydrogen) atoms. The fourth-order valence-corrected chi connectivity index (χ4v) is 1.69. The van der Waals surface area contributed by atoms with E-state index >= 15 is 0 Å². The van der Waals surface area contributed by atoms with Crippen molar-refractivity contribution in [2.75, 3.05) is 13.2 Å². The van der Waals surface area contributed by atoms with Gasteiger partial charge in [0.15, 0.2) is 0 Å². The summed E-state index contributed by atoms with van der Waals surface area (Å²) in [5.74, 6) is 0. The molecule has 0 N–H and O–H groups in total. The van der Waals surface area contributed by atoms with Gasteiger partial charge in [0.05, 0.1) is 0 Å². The number of ether oxygens (including phenoxy) is 1. The van der Waals surface area contributed by atoms with Crippen molar-refractivity contribution in [2.45, 2.75) is 80.1 Å². The largest absolute Gasteiger partial charge is 0.381 e. The zero-order valence-corrected chi connectivity index (χ0v) is 13.1. The molecule has 0 heterocycles. The molecule has 0 aliphatic heterocycles. The molecular formula is C16H34O. The second kappa shape index (κ2) is 8.13. The predicted octanol–water partition coefficient (Wildman–Crippen LogP) is 5.44. The maximum atomic E-state index is 5.66. The molecule has 1 nitrogen and oxygen atoms in total. The molecule has 0 amide bonds. The van der Waals surface area contributed by atoms with E-state index in [1.54, 1.807) is 0 Å². The molecule has 0 rings (SSSR count). The van der Waals surface area contributed by atoms with Gasteiger partial charge in [-0.3, -0.25) is 0 Å². The topological polar surface area (TPSA) is 9.23 Å². The molecule has 0 aliphatic carbocycles. The Morgan fingerprint density at radius 1 is 0.588 bits per heavy atom. The van der Waals surface area contributed by atoms with Crippen molar-refractivity contribution in [2.24, 2.45) is 10.8 Å². The summed E-state index contributed by atoms with van der Waals surface area (Å²) in [4.78, 5) is 0. The van der Waals surface area contributed by atoms with Crippen LogP contribution >= 0.6 is 0 Å². The van der Waals surface area contributed by atoms with Crippen LogP contribution < -0.4 is 0 Å². The Bertz CT molecular complexity index is 151. The first-order valence-corrected chi connectivity index (χ1v) is 7.28. The highest BCUT2D eigenvalue weighted by molar-refractivity contribution is 4.61. The Morgan fingerprint density at radius 3 is 1.65 bits per heavy atom. The van der Waals surface area contributed by atoms with Gasteiger partial charge >= 0.3 is 0 Å². The van der Waals surface area contributed by atoms with Crippen LogP contribution in [0.3, 0.4) is 0 Å². The highest BCUT2D eigenvalue weighted by atomic mass is 16.5. The van der Waals surface area contributed by atoms with Crippen LogP contribution in [0.25, 0.3) is 0 Å². The number of unbranched alkanes of at least 4 members (excludes halogenated alkanes) is 3. The van der Waals surface area contributed by atoms with E-state index in [1.165, 1.54) is 32.1 Å². The molecule has 104 valence electrons. The normalized spacial score (nSPS) is 13.1. The molecule has 0 aliphatic rings. The van der Waals surface area contributed by atoms with Gasteiger partial charge in [0.2, 0.25) is 0 Å². The van der Waals surface area contributed by atoms with Crippen LogP contribution in [0.1, 0.15) is 80.1 Å². The van der Waals surface area contributed by atoms with E-state index in [2.05, 4.69) is 41.5 Å². The Kier molecular flexibility index (Phi) is 8.11. The third kappa shape index (κ3) is 16.0. The Hall–Kier alpha value is -0.0400. The van der Waals surface area contributed by atoms with Gasteiger partial charge in [0.25, 0.3) is 0 Å². The highest BCUT2D eigenvalue weighted by Crippen LogP contribution is 2.22. The second-order valence-corrected chi connectivity index (χ2v) is 7.65. The molecule has 0 radical (unpaired) electrons. The van der Waals surface area contributed by atoms with E-state index in [0.717, 1.165) is 19.6 Å². The molecule has 0 saturated carbocycles. The summed E-state index contributed by atoms with van der Waals surface area (Å²) in [6.07, 6.45) is 7.79. The van der Waals surface area contributed by atoms with Gasteiger partial charge in [0, 0.05) is 13.2 Å². The molecule has 0 fully saturated rings. The molecule has 0 bridgehead atoms. The third-order valence-corrected chi connectivity index (χ3v) is 2.96. The molecule has 0 aromatic rings. The highest BCUT2D eigenvalue weighted by Gasteiger charge is 2.09. The van der Waals surface area contributed by atoms with Crippen molar-refractivity contribution in [1.82, 2.24) is 0 Å². The van der Waals surface area contributed by atoms with Crippen molar-refractivity contribution < 1.29 is 4.74 Å². The lowest BCUT2D eigenvalue weighted by atomic mass is 9.89. The molecule has 0 spiro atoms. The van der Waals surface area contributed by atoms with E-state index in [9.17, 15) is 0 Å². The summed E-state index contributed by atoms with van der Waals surface area (Å²) in [7, 11) is 0. The van der Waals surface area contributed by atoms with E-state index < -0.39 is 0 Å². The Labute approximate surface area is 109 Å². The van der Waals surface area contributed by atoms with Crippen molar-refractivity contribution in [3.8, 4) is 0 Å². The van der Waals surface area contributed by atoms with Crippen molar-refractivity contribution in [3.63, 3.8) is 0 Å². The lowest BCUT2D eigenvalue weighted by Gasteiger charge is -2.18. The minimum atomic E-state index is 0.409. The van der Waals surface area contributed by atoms with Gasteiger partial charge in [-0.25, -0.2) is 0 Å². The van der Waals surface area contributed by atoms with Gasteiger partial charge in [-0.15, -0.1) is 0 Å². The van der Waals surface area contributed by atoms with Crippen LogP contribution in [0.15, 0.2) is 0 Å². The van der Waals surface area contributed by atoms with Crippen LogP contribution in [0.2, 0.25) is 0 Å². The standard InChI is InChI=1S/C16H34O/c1-15(2,3)11-9-7-8-10-13-17-14-12-16(4,5)6/h7-14H2,1-6H3. The summed E-state index contributed by atoms with van der Waals surface area (Å²) >= 11 is 0. The average Bonchev–Trinajstić information content (AvgIpc) is 2.11. The molecule has 0 aromatic heterocycles. The van der Waals surface area contributed by atoms with E-state index in [4.69, 9.17) is 4.74 Å². The minimum Gasteiger partial charge on any atom is -0.381 e. The molecule has 1 heteroatoms. The van der Waals surface area contributed by atoms with Crippen molar-refractivity contribution in [1.29, 1.82) is 0 Å². The van der Waals surface area contributed by atoms with Gasteiger partial charge in [-0.1, -0.05) is 60.8 Å². The molecular weight excluding hydrogens is 208 g/mol. The molecule has 0 aromatic carbocycles. The van der Waals surface area contributed by atoms with Crippen LogP contribution in [-0.2, 0) is 4.74 Å². The maximum Gasteiger partial charge on any atom is 0.0471 e. The number of hydrogen-bond acceptors (Lipinski definition) is 1. The monoisotopic (exact) mass is 242 g/mol. The smallest absolute Gasteiger partial charge is 0.0471 e. The number of hydrogen-bond donors (Lipinski definition) is 0. The molecule has 0 unspecified atom stereocenters. The summed E-state index contributed by atoms with van der Waals surface area (Å²) in [6.45, 7) is 15.6. The Morgan fingerprint density at radius 2 is 1.12 bits per heavy atom. The van der Waals surface area contributed by atoms with Gasteiger partial charge in [-0.2, -0.15) is 0 Å². The van der Waals surface area contributed by atoms with Crippen LogP contribution in [-0.4, -0.2) is 13.2 Å². The first-order valence-electron chi connectivity index (χ1n) is 7.28. The quantitative estimate of drug-likeness (QED) is 0.515. The van der Waals surface area contributed by atoms with Gasteiger partial charge in [-0.05, 0) is 30.1 Å². The Balaban J connectivity index is 3.15. The summed E-state index contributed by atoms with van der Waals surface area (Å²) < 4.78 is 5.66. The number of rotatable bonds is 8. The minimum absolute atomic E-state index is 0.409. The zero-order chi connectivity index (χ0) is 13.4. The first-order chi connectivity index (χ1) is 7.71. The second-order valence-electron chi connectivity index (χ2n) is 7.65. The predicted molar refractivity (Wildman–Crippen MR) is 77.4 cm³/mol. The van der Waals surface area contributed by atoms with Crippen molar-refractivity contribution >= 4 is 0 Å². The lowest BCUT2D eigenvalue weighted by molar-refractivity contribution is 0.105. The summed E-state index contributed by atoms with van der Waals surface area (Å²) in [5.41, 5.74) is 0.913. The van der Waals surface area contributed by atoms with E-state index in [0.29, 0.717) is 10.8 Å². The van der Waals surface area contributed by atoms with Gasteiger partial charge < -0.3 is 4.74 Å². The molecule has 0 saturated heterocycles. The average molecular weight is 242 g/mol. The fraction of sp³-hybridized carbons (Fsp3) is 1.00. The molecule has 0 atom stereocenters. The zero-order valence-electron chi connectivity index (χ0n) is 13.1. The van der Waals surface area contributed by atoms with E-state index in [-0.39, 0.29) is 0 Å². The van der Waals surface area contributed by atoms with Crippen LogP contribution in [0.4, 0.5) is 0 Å².